The van der Waals surface area contributed by atoms with E-state index in [-0.39, 0.29) is 5.56 Å². The van der Waals surface area contributed by atoms with Crippen LogP contribution in [0, 0.1) is 13.8 Å². The highest BCUT2D eigenvalue weighted by molar-refractivity contribution is 5.80. The second-order valence-corrected chi connectivity index (χ2v) is 8.89. The summed E-state index contributed by atoms with van der Waals surface area (Å²) in [5.41, 5.74) is 6.00. The van der Waals surface area contributed by atoms with Crippen molar-refractivity contribution in [1.29, 1.82) is 0 Å². The number of hydrogen-bond donors (Lipinski definition) is 1. The minimum atomic E-state index is -0.0826. The molecule has 8 nitrogen and oxygen atoms in total. The lowest BCUT2D eigenvalue weighted by Gasteiger charge is -2.22. The summed E-state index contributed by atoms with van der Waals surface area (Å²) < 4.78 is 1.81. The zero-order chi connectivity index (χ0) is 24.2. The number of pyridine rings is 2. The molecule has 8 heteroatoms. The standard InChI is InChI=1S/C27H27N7O/c1-19-11-23-13-24(27(35)29-25(23)12-20(19)2)17-33(15-22-9-6-10-28-14-22)18-26-30-31-32-34(26)16-21-7-4-3-5-8-21/h3-14H,15-18H2,1-2H3,(H,29,35). The van der Waals surface area contributed by atoms with Crippen LogP contribution in [0.1, 0.15) is 33.6 Å². The van der Waals surface area contributed by atoms with Gasteiger partial charge in [-0.15, -0.1) is 5.10 Å². The van der Waals surface area contributed by atoms with E-state index in [9.17, 15) is 4.79 Å². The molecule has 0 saturated heterocycles. The molecule has 5 aromatic rings. The van der Waals surface area contributed by atoms with Crippen molar-refractivity contribution in [2.75, 3.05) is 0 Å². The van der Waals surface area contributed by atoms with Gasteiger partial charge >= 0.3 is 0 Å². The van der Waals surface area contributed by atoms with Crippen LogP contribution in [0.5, 0.6) is 0 Å². The van der Waals surface area contributed by atoms with Gasteiger partial charge in [0.25, 0.3) is 5.56 Å². The molecule has 0 aliphatic carbocycles. The Kier molecular flexibility index (Phi) is 6.45. The lowest BCUT2D eigenvalue weighted by Crippen LogP contribution is -2.28. The molecule has 0 amide bonds. The van der Waals surface area contributed by atoms with Gasteiger partial charge in [0.05, 0.1) is 13.1 Å². The first-order chi connectivity index (χ1) is 17.0. The summed E-state index contributed by atoms with van der Waals surface area (Å²) in [6.45, 7) is 6.26. The van der Waals surface area contributed by atoms with Gasteiger partial charge in [0.2, 0.25) is 0 Å². The van der Waals surface area contributed by atoms with Crippen molar-refractivity contribution >= 4 is 10.9 Å². The normalized spacial score (nSPS) is 11.4. The summed E-state index contributed by atoms with van der Waals surface area (Å²) in [5.74, 6) is 0.737. The monoisotopic (exact) mass is 465 g/mol. The number of rotatable bonds is 8. The summed E-state index contributed by atoms with van der Waals surface area (Å²) in [4.78, 5) is 22.5. The SMILES string of the molecule is Cc1cc2cc(CN(Cc3cccnc3)Cc3nnnn3Cc3ccccc3)c(=O)[nH]c2cc1C. The molecule has 1 N–H and O–H groups in total. The third-order valence-electron chi connectivity index (χ3n) is 6.20. The Morgan fingerprint density at radius 2 is 1.71 bits per heavy atom. The molecule has 0 unspecified atom stereocenters. The Bertz CT molecular complexity index is 1490. The Hall–Kier alpha value is -4.17. The van der Waals surface area contributed by atoms with E-state index in [1.807, 2.05) is 53.3 Å². The molecule has 2 aromatic carbocycles. The van der Waals surface area contributed by atoms with Crippen LogP contribution in [0.4, 0.5) is 0 Å². The Balaban J connectivity index is 1.45. The molecular formula is C27H27N7O. The molecule has 3 heterocycles. The van der Waals surface area contributed by atoms with Gasteiger partial charge in [0.15, 0.2) is 5.82 Å². The van der Waals surface area contributed by atoms with Crippen molar-refractivity contribution in [2.45, 2.75) is 40.0 Å². The third-order valence-corrected chi connectivity index (χ3v) is 6.20. The van der Waals surface area contributed by atoms with E-state index in [2.05, 4.69) is 62.4 Å². The number of aromatic nitrogens is 6. The number of aryl methyl sites for hydroxylation is 2. The second kappa shape index (κ2) is 9.99. The average Bonchev–Trinajstić information content (AvgIpc) is 3.28. The number of fused-ring (bicyclic) bond motifs is 1. The van der Waals surface area contributed by atoms with E-state index in [4.69, 9.17) is 0 Å². The number of benzene rings is 2. The highest BCUT2D eigenvalue weighted by Crippen LogP contribution is 2.19. The van der Waals surface area contributed by atoms with E-state index < -0.39 is 0 Å². The Morgan fingerprint density at radius 3 is 2.51 bits per heavy atom. The zero-order valence-corrected chi connectivity index (χ0v) is 19.8. The Morgan fingerprint density at radius 1 is 0.914 bits per heavy atom. The van der Waals surface area contributed by atoms with Crippen molar-refractivity contribution in [2.24, 2.45) is 0 Å². The minimum absolute atomic E-state index is 0.0826. The maximum absolute atomic E-state index is 13.0. The highest BCUT2D eigenvalue weighted by Gasteiger charge is 2.16. The van der Waals surface area contributed by atoms with Crippen LogP contribution in [0.3, 0.4) is 0 Å². The highest BCUT2D eigenvalue weighted by atomic mass is 16.1. The third kappa shape index (κ3) is 5.33. The fraction of sp³-hybridized carbons (Fsp3) is 0.222. The summed E-state index contributed by atoms with van der Waals surface area (Å²) in [6.07, 6.45) is 3.60. The molecule has 0 atom stereocenters. The smallest absolute Gasteiger partial charge is 0.252 e. The van der Waals surface area contributed by atoms with Crippen molar-refractivity contribution in [3.8, 4) is 0 Å². The first kappa shape index (κ1) is 22.6. The Labute approximate surface area is 203 Å². The predicted octanol–water partition coefficient (Wildman–Crippen LogP) is 3.78. The number of tetrazole rings is 1. The van der Waals surface area contributed by atoms with Gasteiger partial charge in [-0.05, 0) is 76.2 Å². The van der Waals surface area contributed by atoms with Gasteiger partial charge in [-0.1, -0.05) is 36.4 Å². The van der Waals surface area contributed by atoms with Gasteiger partial charge in [-0.2, -0.15) is 0 Å². The summed E-state index contributed by atoms with van der Waals surface area (Å²) in [6, 6.07) is 20.2. The molecule has 0 radical (unpaired) electrons. The molecule has 3 aromatic heterocycles. The number of hydrogen-bond acceptors (Lipinski definition) is 6. The topological polar surface area (TPSA) is 92.6 Å². The van der Waals surface area contributed by atoms with Gasteiger partial charge < -0.3 is 4.98 Å². The molecule has 0 saturated carbocycles. The fourth-order valence-electron chi connectivity index (χ4n) is 4.21. The lowest BCUT2D eigenvalue weighted by atomic mass is 10.0. The number of H-pyrrole nitrogens is 1. The number of aromatic amines is 1. The molecule has 0 fully saturated rings. The summed E-state index contributed by atoms with van der Waals surface area (Å²) in [5, 5.41) is 13.4. The minimum Gasteiger partial charge on any atom is -0.322 e. The van der Waals surface area contributed by atoms with Crippen LogP contribution in [-0.2, 0) is 26.2 Å². The first-order valence-electron chi connectivity index (χ1n) is 11.6. The van der Waals surface area contributed by atoms with Crippen LogP contribution in [-0.4, -0.2) is 35.1 Å². The van der Waals surface area contributed by atoms with E-state index in [0.29, 0.717) is 31.7 Å². The van der Waals surface area contributed by atoms with Gasteiger partial charge in [0, 0.05) is 36.6 Å². The first-order valence-corrected chi connectivity index (χ1v) is 11.6. The molecule has 0 bridgehead atoms. The maximum Gasteiger partial charge on any atom is 0.252 e. The molecule has 35 heavy (non-hydrogen) atoms. The van der Waals surface area contributed by atoms with E-state index in [1.165, 1.54) is 5.56 Å². The largest absolute Gasteiger partial charge is 0.322 e. The summed E-state index contributed by atoms with van der Waals surface area (Å²) in [7, 11) is 0. The van der Waals surface area contributed by atoms with E-state index >= 15 is 0 Å². The number of nitrogens with zero attached hydrogens (tertiary/aromatic N) is 6. The zero-order valence-electron chi connectivity index (χ0n) is 19.8. The van der Waals surface area contributed by atoms with Gasteiger partial charge in [-0.3, -0.25) is 14.7 Å². The van der Waals surface area contributed by atoms with Gasteiger partial charge in [0.1, 0.15) is 0 Å². The lowest BCUT2D eigenvalue weighted by molar-refractivity contribution is 0.235. The quantitative estimate of drug-likeness (QED) is 0.375. The molecule has 0 aliphatic heterocycles. The van der Waals surface area contributed by atoms with Crippen molar-refractivity contribution in [1.82, 2.24) is 35.1 Å². The van der Waals surface area contributed by atoms with E-state index in [0.717, 1.165) is 33.4 Å². The molecular weight excluding hydrogens is 438 g/mol. The average molecular weight is 466 g/mol. The fourth-order valence-corrected chi connectivity index (χ4v) is 4.21. The van der Waals surface area contributed by atoms with Gasteiger partial charge in [-0.25, -0.2) is 4.68 Å². The molecule has 0 spiro atoms. The molecule has 0 aliphatic rings. The van der Waals surface area contributed by atoms with Crippen LogP contribution in [0.25, 0.3) is 10.9 Å². The van der Waals surface area contributed by atoms with E-state index in [1.54, 1.807) is 6.20 Å². The summed E-state index contributed by atoms with van der Waals surface area (Å²) >= 11 is 0. The number of nitrogens with one attached hydrogen (secondary N) is 1. The van der Waals surface area contributed by atoms with Crippen molar-refractivity contribution in [3.63, 3.8) is 0 Å². The second-order valence-electron chi connectivity index (χ2n) is 8.89. The molecule has 5 rings (SSSR count). The predicted molar refractivity (Wildman–Crippen MR) is 135 cm³/mol. The van der Waals surface area contributed by atoms with Crippen LogP contribution >= 0.6 is 0 Å². The van der Waals surface area contributed by atoms with Crippen LogP contribution in [0.2, 0.25) is 0 Å². The van der Waals surface area contributed by atoms with Crippen LogP contribution in [0.15, 0.2) is 77.9 Å². The van der Waals surface area contributed by atoms with Crippen molar-refractivity contribution in [3.05, 3.63) is 117 Å². The maximum atomic E-state index is 13.0. The molecule has 176 valence electrons. The van der Waals surface area contributed by atoms with Crippen LogP contribution < -0.4 is 5.56 Å². The van der Waals surface area contributed by atoms with Crippen molar-refractivity contribution < 1.29 is 0 Å².